The van der Waals surface area contributed by atoms with Crippen LogP contribution in [0, 0.1) is 0 Å². The highest BCUT2D eigenvalue weighted by Gasteiger charge is 2.28. The molecule has 1 amide bonds. The second kappa shape index (κ2) is 14.4. The number of phenolic OH excluding ortho intramolecular Hbond substituents is 1. The largest absolute Gasteiger partial charge is 0.506 e. The van der Waals surface area contributed by atoms with E-state index in [1.807, 2.05) is 49.1 Å². The third-order valence-corrected chi connectivity index (χ3v) is 7.14. The number of carbonyl (C=O) groups is 2. The summed E-state index contributed by atoms with van der Waals surface area (Å²) < 4.78 is 17.9. The zero-order valence-electron chi connectivity index (χ0n) is 26.2. The number of hydrogen-bond donors (Lipinski definition) is 1. The van der Waals surface area contributed by atoms with Crippen molar-refractivity contribution in [3.05, 3.63) is 59.2 Å². The first-order valence-corrected chi connectivity index (χ1v) is 14.8. The summed E-state index contributed by atoms with van der Waals surface area (Å²) in [5.74, 6) is 1.12. The zero-order chi connectivity index (χ0) is 30.9. The van der Waals surface area contributed by atoms with Gasteiger partial charge in [-0.05, 0) is 62.6 Å². The van der Waals surface area contributed by atoms with Crippen LogP contribution in [0.5, 0.6) is 23.0 Å². The van der Waals surface area contributed by atoms with Crippen molar-refractivity contribution in [1.29, 1.82) is 0 Å². The van der Waals surface area contributed by atoms with E-state index in [1.54, 1.807) is 18.2 Å². The average molecular weight is 580 g/mol. The van der Waals surface area contributed by atoms with Gasteiger partial charge in [0.15, 0.2) is 12.3 Å². The summed E-state index contributed by atoms with van der Waals surface area (Å²) in [5.41, 5.74) is 0.841. The van der Waals surface area contributed by atoms with Gasteiger partial charge in [0.25, 0.3) is 5.91 Å². The number of fused-ring (bicyclic) bond motifs is 1. The number of carbonyl (C=O) groups excluding carboxylic acids is 2. The predicted molar refractivity (Wildman–Crippen MR) is 167 cm³/mol. The molecule has 0 spiro atoms. The zero-order valence-corrected chi connectivity index (χ0v) is 26.2. The van der Waals surface area contributed by atoms with Gasteiger partial charge in [-0.2, -0.15) is 0 Å². The summed E-state index contributed by atoms with van der Waals surface area (Å²) in [6.45, 7) is 11.5. The molecular weight excluding hydrogens is 532 g/mol. The van der Waals surface area contributed by atoms with Crippen molar-refractivity contribution in [1.82, 2.24) is 4.90 Å². The van der Waals surface area contributed by atoms with Crippen LogP contribution in [0.25, 0.3) is 12.2 Å². The number of nitrogens with zero attached hydrogens (tertiary/aromatic N) is 2. The van der Waals surface area contributed by atoms with Crippen molar-refractivity contribution < 1.29 is 33.4 Å². The molecule has 0 bridgehead atoms. The molecule has 1 N–H and O–H groups in total. The smallest absolute Gasteiger partial charge is 0.277 e. The predicted octanol–water partition coefficient (Wildman–Crippen LogP) is 5.98. The molecule has 0 radical (unpaired) electrons. The molecule has 8 heteroatoms. The quantitative estimate of drug-likeness (QED) is 0.121. The first kappa shape index (κ1) is 32.7. The minimum Gasteiger partial charge on any atom is -0.506 e. The molecule has 3 rings (SSSR count). The number of aromatic hydroxyl groups is 1. The van der Waals surface area contributed by atoms with Crippen LogP contribution in [0.1, 0.15) is 68.4 Å². The van der Waals surface area contributed by atoms with Gasteiger partial charge in [0, 0.05) is 25.6 Å². The molecule has 1 aliphatic rings. The fourth-order valence-corrected chi connectivity index (χ4v) is 4.94. The number of benzene rings is 2. The Balaban J connectivity index is 1.54. The third kappa shape index (κ3) is 8.86. The van der Waals surface area contributed by atoms with E-state index in [1.165, 1.54) is 13.2 Å². The molecule has 1 heterocycles. The van der Waals surface area contributed by atoms with E-state index in [0.717, 1.165) is 50.2 Å². The van der Waals surface area contributed by atoms with Gasteiger partial charge in [-0.1, -0.05) is 32.1 Å². The average Bonchev–Trinajstić information content (AvgIpc) is 2.93. The van der Waals surface area contributed by atoms with Gasteiger partial charge in [0.2, 0.25) is 0 Å². The van der Waals surface area contributed by atoms with Crippen molar-refractivity contribution in [3.63, 3.8) is 0 Å². The number of phenols is 1. The van der Waals surface area contributed by atoms with E-state index in [9.17, 15) is 14.7 Å². The molecule has 42 heavy (non-hydrogen) atoms. The Morgan fingerprint density at radius 1 is 1.10 bits per heavy atom. The topological polar surface area (TPSA) is 85.3 Å². The van der Waals surface area contributed by atoms with Crippen LogP contribution in [0.3, 0.4) is 0 Å². The molecule has 0 aliphatic carbocycles. The van der Waals surface area contributed by atoms with Crippen molar-refractivity contribution >= 4 is 23.8 Å². The summed E-state index contributed by atoms with van der Waals surface area (Å²) in [4.78, 5) is 27.8. The maximum absolute atomic E-state index is 13.1. The van der Waals surface area contributed by atoms with Crippen LogP contribution >= 0.6 is 0 Å². The van der Waals surface area contributed by atoms with Crippen LogP contribution in [-0.2, 0) is 4.79 Å². The SMILES string of the molecule is CCCN(CCC)C(=O)C[N+](C)(C)CCCOc1ccc(/C=C/C(=O)c2c(OC)cc3c(c2O)C=CC(C)(C)O3)cc1. The van der Waals surface area contributed by atoms with Crippen LogP contribution in [0.4, 0.5) is 0 Å². The first-order valence-electron chi connectivity index (χ1n) is 14.8. The van der Waals surface area contributed by atoms with Gasteiger partial charge in [-0.25, -0.2) is 0 Å². The fourth-order valence-electron chi connectivity index (χ4n) is 4.94. The number of methoxy groups -OCH3 is 1. The summed E-state index contributed by atoms with van der Waals surface area (Å²) in [7, 11) is 5.63. The highest BCUT2D eigenvalue weighted by molar-refractivity contribution is 6.11. The Morgan fingerprint density at radius 2 is 1.76 bits per heavy atom. The van der Waals surface area contributed by atoms with Gasteiger partial charge in [0.05, 0.1) is 39.9 Å². The van der Waals surface area contributed by atoms with Crippen molar-refractivity contribution in [2.75, 3.05) is 54.0 Å². The van der Waals surface area contributed by atoms with Gasteiger partial charge in [-0.15, -0.1) is 0 Å². The summed E-state index contributed by atoms with van der Waals surface area (Å²) >= 11 is 0. The Hall–Kier alpha value is -3.78. The maximum Gasteiger partial charge on any atom is 0.277 e. The molecule has 0 fully saturated rings. The second-order valence-electron chi connectivity index (χ2n) is 11.9. The molecule has 2 aromatic rings. The van der Waals surface area contributed by atoms with E-state index in [2.05, 4.69) is 27.9 Å². The standard InChI is InChI=1S/C34H46N2O6/c1-8-19-35(20-9-2)31(38)24-36(5,6)21-10-22-41-26-14-11-25(12-15-26)13-16-28(37)32-30(40-7)23-29-27(33(32)39)17-18-34(3,4)42-29/h11-18,23H,8-10,19-22,24H2,1-7H3/p+1/b16-13+. The summed E-state index contributed by atoms with van der Waals surface area (Å²) in [6.07, 6.45) is 9.47. The Labute approximate surface area is 250 Å². The monoisotopic (exact) mass is 579 g/mol. The highest BCUT2D eigenvalue weighted by Crippen LogP contribution is 2.43. The van der Waals surface area contributed by atoms with E-state index in [0.29, 0.717) is 28.9 Å². The number of ketones is 1. The Bertz CT molecular complexity index is 1290. The van der Waals surface area contributed by atoms with Gasteiger partial charge in [-0.3, -0.25) is 9.59 Å². The Morgan fingerprint density at radius 3 is 2.38 bits per heavy atom. The number of likely N-dealkylation sites (N-methyl/N-ethyl adjacent to an activating group) is 1. The molecule has 0 saturated heterocycles. The van der Waals surface area contributed by atoms with Gasteiger partial charge >= 0.3 is 0 Å². The Kier molecular flexibility index (Phi) is 11.2. The molecule has 1 aliphatic heterocycles. The number of allylic oxidation sites excluding steroid dienone is 1. The first-order chi connectivity index (χ1) is 19.9. The van der Waals surface area contributed by atoms with Crippen molar-refractivity contribution in [2.24, 2.45) is 0 Å². The fraction of sp³-hybridized carbons (Fsp3) is 0.471. The molecule has 0 aromatic heterocycles. The molecule has 2 aromatic carbocycles. The van der Waals surface area contributed by atoms with Crippen molar-refractivity contribution in [3.8, 4) is 23.0 Å². The van der Waals surface area contributed by atoms with E-state index < -0.39 is 5.60 Å². The molecular formula is C34H47N2O6+. The van der Waals surface area contributed by atoms with Gasteiger partial charge < -0.3 is 28.7 Å². The van der Waals surface area contributed by atoms with Crippen LogP contribution < -0.4 is 14.2 Å². The number of ether oxygens (including phenoxy) is 3. The lowest BCUT2D eigenvalue weighted by atomic mass is 9.97. The lowest BCUT2D eigenvalue weighted by Crippen LogP contribution is -2.49. The summed E-state index contributed by atoms with van der Waals surface area (Å²) in [6, 6.07) is 9.11. The number of amides is 1. The van der Waals surface area contributed by atoms with Crippen molar-refractivity contribution in [2.45, 2.75) is 52.6 Å². The third-order valence-electron chi connectivity index (χ3n) is 7.14. The highest BCUT2D eigenvalue weighted by atomic mass is 16.5. The number of quaternary nitrogens is 1. The van der Waals surface area contributed by atoms with Crippen LogP contribution in [-0.4, -0.2) is 85.8 Å². The second-order valence-corrected chi connectivity index (χ2v) is 11.9. The summed E-state index contributed by atoms with van der Waals surface area (Å²) in [5, 5.41) is 10.9. The lowest BCUT2D eigenvalue weighted by molar-refractivity contribution is -0.882. The molecule has 0 saturated carbocycles. The lowest BCUT2D eigenvalue weighted by Gasteiger charge is -2.32. The molecule has 8 nitrogen and oxygen atoms in total. The van der Waals surface area contributed by atoms with Crippen LogP contribution in [0.15, 0.2) is 42.5 Å². The minimum atomic E-state index is -0.521. The maximum atomic E-state index is 13.1. The molecule has 228 valence electrons. The van der Waals surface area contributed by atoms with E-state index in [-0.39, 0.29) is 28.8 Å². The van der Waals surface area contributed by atoms with E-state index in [4.69, 9.17) is 14.2 Å². The number of hydrogen-bond acceptors (Lipinski definition) is 6. The minimum absolute atomic E-state index is 0.0897. The number of rotatable bonds is 15. The van der Waals surface area contributed by atoms with Gasteiger partial charge in [0.1, 0.15) is 34.2 Å². The van der Waals surface area contributed by atoms with Crippen LogP contribution in [0.2, 0.25) is 0 Å². The normalized spacial score (nSPS) is 13.9. The molecule has 0 unspecified atom stereocenters. The molecule has 0 atom stereocenters. The van der Waals surface area contributed by atoms with E-state index >= 15 is 0 Å².